The van der Waals surface area contributed by atoms with Gasteiger partial charge in [-0.15, -0.1) is 10.2 Å². The molecule has 0 amide bonds. The summed E-state index contributed by atoms with van der Waals surface area (Å²) in [5, 5.41) is 14.4. The van der Waals surface area contributed by atoms with Crippen LogP contribution in [-0.4, -0.2) is 41.8 Å². The quantitative estimate of drug-likeness (QED) is 0.458. The van der Waals surface area contributed by atoms with Gasteiger partial charge in [0.1, 0.15) is 5.75 Å². The maximum atomic E-state index is 11.1. The predicted molar refractivity (Wildman–Crippen MR) is 107 cm³/mol. The molecule has 0 bridgehead atoms. The molecule has 0 unspecified atom stereocenters. The first-order valence-corrected chi connectivity index (χ1v) is 11.0. The zero-order chi connectivity index (χ0) is 19.3. The van der Waals surface area contributed by atoms with E-state index in [4.69, 9.17) is 9.88 Å². The maximum Gasteiger partial charge on any atom is 0.209 e. The molecular weight excluding hydrogens is 384 g/mol. The number of rotatable bonds is 8. The number of sulfonamides is 1. The summed E-state index contributed by atoms with van der Waals surface area (Å²) in [6, 6.07) is 17.4. The van der Waals surface area contributed by atoms with E-state index in [1.165, 1.54) is 11.8 Å². The summed E-state index contributed by atoms with van der Waals surface area (Å²) in [5.74, 6) is 1.94. The lowest BCUT2D eigenvalue weighted by atomic mass is 10.2. The normalized spacial score (nSPS) is 11.5. The molecule has 2 aromatic carbocycles. The highest BCUT2D eigenvalue weighted by Gasteiger charge is 2.16. The first-order chi connectivity index (χ1) is 13.0. The van der Waals surface area contributed by atoms with Crippen molar-refractivity contribution < 1.29 is 13.2 Å². The fraction of sp³-hybridized carbons (Fsp3) is 0.222. The van der Waals surface area contributed by atoms with E-state index >= 15 is 0 Å². The van der Waals surface area contributed by atoms with Crippen molar-refractivity contribution in [1.82, 2.24) is 14.8 Å². The van der Waals surface area contributed by atoms with Crippen LogP contribution in [0.1, 0.15) is 6.42 Å². The van der Waals surface area contributed by atoms with Gasteiger partial charge in [0.2, 0.25) is 10.0 Å². The molecule has 9 heteroatoms. The van der Waals surface area contributed by atoms with Crippen molar-refractivity contribution in [3.05, 3.63) is 54.6 Å². The Kier molecular flexibility index (Phi) is 6.15. The van der Waals surface area contributed by atoms with Gasteiger partial charge in [-0.1, -0.05) is 42.1 Å². The lowest BCUT2D eigenvalue weighted by molar-refractivity contribution is 0.415. The average molecular weight is 405 g/mol. The molecule has 0 radical (unpaired) electrons. The maximum absolute atomic E-state index is 11.1. The van der Waals surface area contributed by atoms with E-state index in [0.717, 1.165) is 17.0 Å². The SMILES string of the molecule is COc1cccc(-c2nnc(SCCCS(N)(=O)=O)n2-c2ccccc2)c1. The molecule has 0 aliphatic heterocycles. The molecule has 1 aromatic heterocycles. The van der Waals surface area contributed by atoms with E-state index in [-0.39, 0.29) is 5.75 Å². The van der Waals surface area contributed by atoms with E-state index < -0.39 is 10.0 Å². The Morgan fingerprint density at radius 2 is 1.89 bits per heavy atom. The van der Waals surface area contributed by atoms with E-state index in [9.17, 15) is 8.42 Å². The number of hydrogen-bond acceptors (Lipinski definition) is 6. The van der Waals surface area contributed by atoms with Gasteiger partial charge in [-0.3, -0.25) is 4.57 Å². The molecule has 3 rings (SSSR count). The number of ether oxygens (including phenoxy) is 1. The van der Waals surface area contributed by atoms with Crippen molar-refractivity contribution in [2.75, 3.05) is 18.6 Å². The largest absolute Gasteiger partial charge is 0.497 e. The number of nitrogens with zero attached hydrogens (tertiary/aromatic N) is 3. The number of thioether (sulfide) groups is 1. The van der Waals surface area contributed by atoms with Crippen molar-refractivity contribution in [1.29, 1.82) is 0 Å². The number of methoxy groups -OCH3 is 1. The van der Waals surface area contributed by atoms with Crippen LogP contribution in [0.3, 0.4) is 0 Å². The first-order valence-electron chi connectivity index (χ1n) is 8.26. The van der Waals surface area contributed by atoms with Gasteiger partial charge in [-0.25, -0.2) is 13.6 Å². The molecule has 3 aromatic rings. The Balaban J connectivity index is 1.93. The van der Waals surface area contributed by atoms with E-state index in [1.807, 2.05) is 59.2 Å². The van der Waals surface area contributed by atoms with Crippen LogP contribution in [0, 0.1) is 0 Å². The third-order valence-corrected chi connectivity index (χ3v) is 5.65. The predicted octanol–water partition coefficient (Wildman–Crippen LogP) is 2.71. The van der Waals surface area contributed by atoms with Crippen LogP contribution in [0.5, 0.6) is 5.75 Å². The van der Waals surface area contributed by atoms with Crippen molar-refractivity contribution in [2.24, 2.45) is 5.14 Å². The number of para-hydroxylation sites is 1. The summed E-state index contributed by atoms with van der Waals surface area (Å²) in [7, 11) is -1.84. The molecule has 7 nitrogen and oxygen atoms in total. The third kappa shape index (κ3) is 5.09. The Hall–Kier alpha value is -2.36. The Morgan fingerprint density at radius 1 is 1.11 bits per heavy atom. The molecule has 0 atom stereocenters. The van der Waals surface area contributed by atoms with Crippen molar-refractivity contribution in [3.8, 4) is 22.8 Å². The van der Waals surface area contributed by atoms with Crippen LogP contribution >= 0.6 is 11.8 Å². The number of hydrogen-bond donors (Lipinski definition) is 1. The second-order valence-corrected chi connectivity index (χ2v) is 8.57. The van der Waals surface area contributed by atoms with Crippen molar-refractivity contribution in [2.45, 2.75) is 11.6 Å². The van der Waals surface area contributed by atoms with Gasteiger partial charge in [0.05, 0.1) is 12.9 Å². The topological polar surface area (TPSA) is 100 Å². The van der Waals surface area contributed by atoms with Gasteiger partial charge in [0, 0.05) is 17.0 Å². The molecule has 2 N–H and O–H groups in total. The standard InChI is InChI=1S/C18H20N4O3S2/c1-25-16-10-5-7-14(13-16)17-20-21-18(26-11-6-12-27(19,23)24)22(17)15-8-3-2-4-9-15/h2-5,7-10,13H,6,11-12H2,1H3,(H2,19,23,24). The van der Waals surface area contributed by atoms with E-state index in [2.05, 4.69) is 10.2 Å². The molecule has 1 heterocycles. The van der Waals surface area contributed by atoms with Gasteiger partial charge in [0.15, 0.2) is 11.0 Å². The summed E-state index contributed by atoms with van der Waals surface area (Å²) in [5.41, 5.74) is 1.80. The van der Waals surface area contributed by atoms with Gasteiger partial charge in [0.25, 0.3) is 0 Å². The molecular formula is C18H20N4O3S2. The Bertz CT molecular complexity index is 1000. The molecule has 27 heavy (non-hydrogen) atoms. The van der Waals surface area contributed by atoms with Gasteiger partial charge in [-0.2, -0.15) is 0 Å². The number of benzene rings is 2. The lowest BCUT2D eigenvalue weighted by Crippen LogP contribution is -2.16. The second-order valence-electron chi connectivity index (χ2n) is 5.78. The van der Waals surface area contributed by atoms with Crippen LogP contribution in [0.4, 0.5) is 0 Å². The fourth-order valence-corrected chi connectivity index (χ4v) is 4.17. The molecule has 0 fully saturated rings. The zero-order valence-electron chi connectivity index (χ0n) is 14.8. The Morgan fingerprint density at radius 3 is 2.59 bits per heavy atom. The fourth-order valence-electron chi connectivity index (χ4n) is 2.55. The monoisotopic (exact) mass is 404 g/mol. The van der Waals surface area contributed by atoms with Gasteiger partial charge >= 0.3 is 0 Å². The van der Waals surface area contributed by atoms with Crippen LogP contribution < -0.4 is 9.88 Å². The molecule has 0 aliphatic rings. The molecule has 0 spiro atoms. The number of aromatic nitrogens is 3. The van der Waals surface area contributed by atoms with Crippen molar-refractivity contribution >= 4 is 21.8 Å². The minimum Gasteiger partial charge on any atom is -0.497 e. The summed E-state index contributed by atoms with van der Waals surface area (Å²) in [4.78, 5) is 0. The van der Waals surface area contributed by atoms with Crippen LogP contribution in [-0.2, 0) is 10.0 Å². The minimum absolute atomic E-state index is 0.0534. The van der Waals surface area contributed by atoms with Crippen molar-refractivity contribution in [3.63, 3.8) is 0 Å². The number of nitrogens with two attached hydrogens (primary N) is 1. The molecule has 142 valence electrons. The van der Waals surface area contributed by atoms with Gasteiger partial charge < -0.3 is 4.74 Å². The highest BCUT2D eigenvalue weighted by atomic mass is 32.2. The van der Waals surface area contributed by atoms with Crippen LogP contribution in [0.2, 0.25) is 0 Å². The minimum atomic E-state index is -3.46. The summed E-state index contributed by atoms with van der Waals surface area (Å²) in [6.07, 6.45) is 0.444. The van der Waals surface area contributed by atoms with E-state index in [1.54, 1.807) is 7.11 Å². The zero-order valence-corrected chi connectivity index (χ0v) is 16.4. The number of primary sulfonamides is 1. The summed E-state index contributed by atoms with van der Waals surface area (Å²) < 4.78 is 29.5. The lowest BCUT2D eigenvalue weighted by Gasteiger charge is -2.11. The Labute approximate surface area is 162 Å². The van der Waals surface area contributed by atoms with Crippen LogP contribution in [0.15, 0.2) is 59.8 Å². The van der Waals surface area contributed by atoms with Crippen LogP contribution in [0.25, 0.3) is 17.1 Å². The van der Waals surface area contributed by atoms with Gasteiger partial charge in [-0.05, 0) is 30.7 Å². The highest BCUT2D eigenvalue weighted by molar-refractivity contribution is 7.99. The summed E-state index contributed by atoms with van der Waals surface area (Å²) in [6.45, 7) is 0. The first kappa shape index (κ1) is 19.4. The third-order valence-electron chi connectivity index (χ3n) is 3.78. The molecule has 0 saturated carbocycles. The molecule has 0 saturated heterocycles. The average Bonchev–Trinajstić information content (AvgIpc) is 3.09. The second kappa shape index (κ2) is 8.55. The smallest absolute Gasteiger partial charge is 0.209 e. The highest BCUT2D eigenvalue weighted by Crippen LogP contribution is 2.29. The van der Waals surface area contributed by atoms with E-state index in [0.29, 0.717) is 23.2 Å². The molecule has 0 aliphatic carbocycles. The summed E-state index contributed by atoms with van der Waals surface area (Å²) >= 11 is 1.45.